The number of hydrogen-bond donors (Lipinski definition) is 3. The molecular formula is C7H14F2N2O3. The highest BCUT2D eigenvalue weighted by molar-refractivity contribution is 5.77. The van der Waals surface area contributed by atoms with E-state index in [4.69, 9.17) is 15.6 Å². The smallest absolute Gasteiger partial charge is 0.265 e. The molecule has 1 atom stereocenters. The zero-order valence-electron chi connectivity index (χ0n) is 7.58. The van der Waals surface area contributed by atoms with Crippen LogP contribution < -0.4 is 11.1 Å². The molecule has 0 rings (SSSR count). The van der Waals surface area contributed by atoms with Crippen LogP contribution in [-0.2, 0) is 9.53 Å². The number of nitrogens with two attached hydrogens (primary N) is 1. The van der Waals surface area contributed by atoms with Gasteiger partial charge in [0.1, 0.15) is 12.7 Å². The van der Waals surface area contributed by atoms with Crippen LogP contribution in [0.2, 0.25) is 0 Å². The lowest BCUT2D eigenvalue weighted by Gasteiger charge is -2.10. The van der Waals surface area contributed by atoms with Crippen molar-refractivity contribution < 1.29 is 23.4 Å². The zero-order chi connectivity index (χ0) is 11.0. The Bertz CT molecular complexity index is 169. The van der Waals surface area contributed by atoms with Crippen LogP contribution in [0.4, 0.5) is 8.78 Å². The number of hydrogen-bond acceptors (Lipinski definition) is 4. The normalized spacial score (nSPS) is 12.9. The third-order valence-electron chi connectivity index (χ3n) is 1.29. The monoisotopic (exact) mass is 212 g/mol. The molecule has 84 valence electrons. The first-order chi connectivity index (χ1) is 6.57. The van der Waals surface area contributed by atoms with E-state index in [1.165, 1.54) is 0 Å². The van der Waals surface area contributed by atoms with Gasteiger partial charge < -0.3 is 20.9 Å². The Hall–Kier alpha value is -0.790. The first-order valence-electron chi connectivity index (χ1n) is 4.08. The van der Waals surface area contributed by atoms with Crippen molar-refractivity contribution >= 4 is 5.91 Å². The van der Waals surface area contributed by atoms with Crippen LogP contribution in [0, 0.1) is 0 Å². The summed E-state index contributed by atoms with van der Waals surface area (Å²) >= 11 is 0. The molecule has 0 radical (unpaired) electrons. The van der Waals surface area contributed by atoms with Gasteiger partial charge in [0.15, 0.2) is 0 Å². The van der Waals surface area contributed by atoms with Crippen molar-refractivity contribution in [3.05, 3.63) is 0 Å². The molecule has 0 aromatic rings. The van der Waals surface area contributed by atoms with E-state index in [0.29, 0.717) is 0 Å². The molecule has 1 amide bonds. The predicted octanol–water partition coefficient (Wildman–Crippen LogP) is -1.30. The zero-order valence-corrected chi connectivity index (χ0v) is 7.58. The second-order valence-corrected chi connectivity index (χ2v) is 2.55. The molecule has 0 aliphatic heterocycles. The number of amides is 1. The minimum absolute atomic E-state index is 0.227. The van der Waals surface area contributed by atoms with Crippen LogP contribution in [0.3, 0.4) is 0 Å². The Balaban J connectivity index is 3.44. The summed E-state index contributed by atoms with van der Waals surface area (Å²) < 4.78 is 28.2. The van der Waals surface area contributed by atoms with Crippen molar-refractivity contribution in [2.24, 2.45) is 5.73 Å². The molecule has 5 nitrogen and oxygen atoms in total. The van der Waals surface area contributed by atoms with Gasteiger partial charge >= 0.3 is 0 Å². The summed E-state index contributed by atoms with van der Waals surface area (Å²) in [7, 11) is 0. The molecule has 0 aromatic carbocycles. The lowest BCUT2D eigenvalue weighted by molar-refractivity contribution is -0.126. The van der Waals surface area contributed by atoms with Gasteiger partial charge in [-0.15, -0.1) is 0 Å². The summed E-state index contributed by atoms with van der Waals surface area (Å²) in [6, 6.07) is 0. The second kappa shape index (κ2) is 7.60. The van der Waals surface area contributed by atoms with Crippen molar-refractivity contribution in [1.82, 2.24) is 5.32 Å². The summed E-state index contributed by atoms with van der Waals surface area (Å²) in [5.41, 5.74) is 5.08. The van der Waals surface area contributed by atoms with Crippen molar-refractivity contribution in [3.63, 3.8) is 0 Å². The number of ether oxygens (including phenoxy) is 1. The lowest BCUT2D eigenvalue weighted by Crippen LogP contribution is -2.37. The highest BCUT2D eigenvalue weighted by atomic mass is 19.3. The van der Waals surface area contributed by atoms with Crippen LogP contribution >= 0.6 is 0 Å². The molecule has 0 fully saturated rings. The molecule has 0 saturated heterocycles. The maximum Gasteiger partial charge on any atom is 0.265 e. The van der Waals surface area contributed by atoms with E-state index in [9.17, 15) is 13.6 Å². The van der Waals surface area contributed by atoms with Gasteiger partial charge in [0.25, 0.3) is 6.43 Å². The van der Waals surface area contributed by atoms with Gasteiger partial charge in [-0.1, -0.05) is 0 Å². The molecular weight excluding hydrogens is 198 g/mol. The van der Waals surface area contributed by atoms with Crippen LogP contribution in [-0.4, -0.2) is 49.8 Å². The number of rotatable bonds is 7. The van der Waals surface area contributed by atoms with Gasteiger partial charge in [0.2, 0.25) is 5.91 Å². The van der Waals surface area contributed by atoms with Gasteiger partial charge in [-0.2, -0.15) is 0 Å². The van der Waals surface area contributed by atoms with E-state index in [2.05, 4.69) is 5.32 Å². The van der Waals surface area contributed by atoms with Gasteiger partial charge in [0, 0.05) is 13.1 Å². The average molecular weight is 212 g/mol. The van der Waals surface area contributed by atoms with E-state index in [0.717, 1.165) is 0 Å². The molecule has 4 N–H and O–H groups in total. The maximum absolute atomic E-state index is 11.7. The fourth-order valence-electron chi connectivity index (χ4n) is 0.607. The van der Waals surface area contributed by atoms with Gasteiger partial charge in [-0.25, -0.2) is 8.78 Å². The minimum atomic E-state index is -2.86. The third-order valence-corrected chi connectivity index (χ3v) is 1.29. The summed E-state index contributed by atoms with van der Waals surface area (Å²) in [5.74, 6) is -0.557. The Kier molecular flexibility index (Phi) is 7.17. The van der Waals surface area contributed by atoms with Gasteiger partial charge in [-0.3, -0.25) is 4.79 Å². The number of aliphatic hydroxyl groups is 1. The Morgan fingerprint density at radius 3 is 2.71 bits per heavy atom. The molecule has 0 aliphatic carbocycles. The predicted molar refractivity (Wildman–Crippen MR) is 44.9 cm³/mol. The summed E-state index contributed by atoms with van der Waals surface area (Å²) in [6.45, 7) is -0.215. The molecule has 0 aliphatic rings. The summed E-state index contributed by atoms with van der Waals surface area (Å²) in [5, 5.41) is 10.7. The van der Waals surface area contributed by atoms with Gasteiger partial charge in [0.05, 0.1) is 6.61 Å². The van der Waals surface area contributed by atoms with E-state index in [1.54, 1.807) is 0 Å². The first-order valence-corrected chi connectivity index (χ1v) is 4.08. The fraction of sp³-hybridized carbons (Fsp3) is 0.857. The van der Waals surface area contributed by atoms with E-state index in [1.807, 2.05) is 0 Å². The largest absolute Gasteiger partial charge is 0.385 e. The molecule has 1 unspecified atom stereocenters. The minimum Gasteiger partial charge on any atom is -0.385 e. The summed E-state index contributed by atoms with van der Waals surface area (Å²) in [6.07, 6.45) is -4.70. The van der Waals surface area contributed by atoms with Crippen molar-refractivity contribution in [2.75, 3.05) is 26.3 Å². The quantitative estimate of drug-likeness (QED) is 0.458. The fourth-order valence-corrected chi connectivity index (χ4v) is 0.607. The molecule has 0 aromatic heterocycles. The topological polar surface area (TPSA) is 84.6 Å². The molecule has 7 heteroatoms. The summed E-state index contributed by atoms with van der Waals surface area (Å²) in [4.78, 5) is 10.8. The molecule has 0 heterocycles. The maximum atomic E-state index is 11.7. The van der Waals surface area contributed by atoms with Crippen LogP contribution in [0.1, 0.15) is 0 Å². The number of nitrogens with one attached hydrogen (secondary N) is 1. The van der Waals surface area contributed by atoms with Crippen molar-refractivity contribution in [2.45, 2.75) is 12.5 Å². The Morgan fingerprint density at radius 2 is 2.21 bits per heavy atom. The Morgan fingerprint density at radius 1 is 1.57 bits per heavy atom. The average Bonchev–Trinajstić information content (AvgIpc) is 2.14. The van der Waals surface area contributed by atoms with E-state index in [-0.39, 0.29) is 19.8 Å². The molecule has 0 saturated carbocycles. The first kappa shape index (κ1) is 13.2. The SMILES string of the molecule is NCCOCC(=O)NCC(O)C(F)F. The number of halogens is 2. The van der Waals surface area contributed by atoms with Crippen molar-refractivity contribution in [3.8, 4) is 0 Å². The van der Waals surface area contributed by atoms with Crippen LogP contribution in [0.15, 0.2) is 0 Å². The van der Waals surface area contributed by atoms with Crippen LogP contribution in [0.25, 0.3) is 0 Å². The van der Waals surface area contributed by atoms with Gasteiger partial charge in [-0.05, 0) is 0 Å². The number of carbonyl (C=O) groups is 1. The van der Waals surface area contributed by atoms with E-state index >= 15 is 0 Å². The van der Waals surface area contributed by atoms with Crippen LogP contribution in [0.5, 0.6) is 0 Å². The number of alkyl halides is 2. The standard InChI is InChI=1S/C7H14F2N2O3/c8-7(9)5(12)3-11-6(13)4-14-2-1-10/h5,7,12H,1-4,10H2,(H,11,13). The van der Waals surface area contributed by atoms with Crippen molar-refractivity contribution in [1.29, 1.82) is 0 Å². The van der Waals surface area contributed by atoms with E-state index < -0.39 is 25.0 Å². The molecule has 0 bridgehead atoms. The molecule has 14 heavy (non-hydrogen) atoms. The highest BCUT2D eigenvalue weighted by Crippen LogP contribution is 1.98. The highest BCUT2D eigenvalue weighted by Gasteiger charge is 2.17. The number of aliphatic hydroxyl groups excluding tert-OH is 1. The number of carbonyl (C=O) groups excluding carboxylic acids is 1. The lowest BCUT2D eigenvalue weighted by atomic mass is 10.3. The second-order valence-electron chi connectivity index (χ2n) is 2.55. The third kappa shape index (κ3) is 6.70. The Labute approximate surface area is 80.2 Å². The molecule has 0 spiro atoms.